The fourth-order valence-corrected chi connectivity index (χ4v) is 4.53. The van der Waals surface area contributed by atoms with Crippen molar-refractivity contribution in [2.45, 2.75) is 18.2 Å². The van der Waals surface area contributed by atoms with Crippen LogP contribution in [0.2, 0.25) is 0 Å². The van der Waals surface area contributed by atoms with Crippen LogP contribution >= 0.6 is 0 Å². The molecule has 1 atom stereocenters. The van der Waals surface area contributed by atoms with Crippen LogP contribution in [0.15, 0.2) is 78.9 Å². The second kappa shape index (κ2) is 9.46. The molecule has 8 heteroatoms. The largest absolute Gasteiger partial charge is 0.457 e. The van der Waals surface area contributed by atoms with Gasteiger partial charge >= 0.3 is 0 Å². The molecule has 1 aliphatic rings. The molecule has 33 heavy (non-hydrogen) atoms. The van der Waals surface area contributed by atoms with Crippen LogP contribution in [0.5, 0.6) is 11.5 Å². The summed E-state index contributed by atoms with van der Waals surface area (Å²) in [6.45, 7) is 0.354. The van der Waals surface area contributed by atoms with Gasteiger partial charge in [0.15, 0.2) is 9.84 Å². The summed E-state index contributed by atoms with van der Waals surface area (Å²) in [4.78, 5) is 26.9. The molecule has 0 saturated carbocycles. The third-order valence-electron chi connectivity index (χ3n) is 5.21. The van der Waals surface area contributed by atoms with Gasteiger partial charge in [-0.25, -0.2) is 8.42 Å². The van der Waals surface area contributed by atoms with Crippen molar-refractivity contribution >= 4 is 27.3 Å². The molecule has 170 valence electrons. The third kappa shape index (κ3) is 5.98. The molecule has 3 aromatic rings. The first-order valence-electron chi connectivity index (χ1n) is 10.5. The lowest BCUT2D eigenvalue weighted by atomic mass is 10.1. The molecule has 1 N–H and O–H groups in total. The molecule has 0 bridgehead atoms. The average molecular weight is 465 g/mol. The van der Waals surface area contributed by atoms with Gasteiger partial charge in [-0.1, -0.05) is 30.3 Å². The standard InChI is InChI=1S/C25H24N2O5S/c1-33(30,31)17-18-6-5-7-19(14-18)25(29)26-20-15-24(28)27(16-20)21-10-12-23(13-11-21)32-22-8-3-2-4-9-22/h2-14,20H,15-17H2,1H3,(H,26,29). The van der Waals surface area contributed by atoms with E-state index in [1.54, 1.807) is 41.3 Å². The minimum absolute atomic E-state index is 0.0807. The summed E-state index contributed by atoms with van der Waals surface area (Å²) in [5, 5.41) is 2.88. The highest BCUT2D eigenvalue weighted by molar-refractivity contribution is 7.89. The van der Waals surface area contributed by atoms with Crippen LogP contribution in [-0.4, -0.2) is 39.1 Å². The maximum atomic E-state index is 12.7. The number of nitrogens with zero attached hydrogens (tertiary/aromatic N) is 1. The highest BCUT2D eigenvalue weighted by atomic mass is 32.2. The summed E-state index contributed by atoms with van der Waals surface area (Å²) in [6, 6.07) is 22.8. The molecule has 2 amide bonds. The molecule has 1 unspecified atom stereocenters. The average Bonchev–Trinajstić information content (AvgIpc) is 3.14. The summed E-state index contributed by atoms with van der Waals surface area (Å²) >= 11 is 0. The Morgan fingerprint density at radius 3 is 2.39 bits per heavy atom. The Morgan fingerprint density at radius 2 is 1.70 bits per heavy atom. The molecule has 3 aromatic carbocycles. The Morgan fingerprint density at radius 1 is 1.00 bits per heavy atom. The number of carbonyl (C=O) groups is 2. The molecule has 0 radical (unpaired) electrons. The number of rotatable bonds is 7. The molecule has 1 aliphatic heterocycles. The molecule has 4 rings (SSSR count). The second-order valence-electron chi connectivity index (χ2n) is 8.06. The van der Waals surface area contributed by atoms with Crippen LogP contribution in [0.1, 0.15) is 22.3 Å². The first kappa shape index (κ1) is 22.5. The smallest absolute Gasteiger partial charge is 0.251 e. The van der Waals surface area contributed by atoms with Crippen LogP contribution in [-0.2, 0) is 20.4 Å². The monoisotopic (exact) mass is 464 g/mol. The Bertz CT molecular complexity index is 1260. The van der Waals surface area contributed by atoms with E-state index in [9.17, 15) is 18.0 Å². The summed E-state index contributed by atoms with van der Waals surface area (Å²) in [5.41, 5.74) is 1.64. The quantitative estimate of drug-likeness (QED) is 0.577. The van der Waals surface area contributed by atoms with Crippen LogP contribution in [0.4, 0.5) is 5.69 Å². The predicted molar refractivity (Wildman–Crippen MR) is 126 cm³/mol. The van der Waals surface area contributed by atoms with Crippen LogP contribution < -0.4 is 15.0 Å². The summed E-state index contributed by atoms with van der Waals surface area (Å²) < 4.78 is 28.8. The Kier molecular flexibility index (Phi) is 6.46. The van der Waals surface area contributed by atoms with Gasteiger partial charge in [0.1, 0.15) is 11.5 Å². The van der Waals surface area contributed by atoms with Gasteiger partial charge in [-0.15, -0.1) is 0 Å². The van der Waals surface area contributed by atoms with Gasteiger partial charge in [0.05, 0.1) is 11.8 Å². The number of ether oxygens (including phenoxy) is 1. The van der Waals surface area contributed by atoms with E-state index in [1.165, 1.54) is 0 Å². The Labute approximate surface area is 192 Å². The summed E-state index contributed by atoms with van der Waals surface area (Å²) in [7, 11) is -3.20. The maximum Gasteiger partial charge on any atom is 0.251 e. The van der Waals surface area contributed by atoms with E-state index in [0.29, 0.717) is 23.4 Å². The number of anilines is 1. The fourth-order valence-electron chi connectivity index (χ4n) is 3.75. The van der Waals surface area contributed by atoms with Gasteiger partial charge in [-0.05, 0) is 54.1 Å². The molecule has 1 heterocycles. The van der Waals surface area contributed by atoms with Gasteiger partial charge in [0.2, 0.25) is 5.91 Å². The van der Waals surface area contributed by atoms with Crippen molar-refractivity contribution in [3.05, 3.63) is 90.0 Å². The lowest BCUT2D eigenvalue weighted by Gasteiger charge is -2.18. The number of hydrogen-bond donors (Lipinski definition) is 1. The maximum absolute atomic E-state index is 12.7. The van der Waals surface area contributed by atoms with E-state index in [-0.39, 0.29) is 30.0 Å². The van der Waals surface area contributed by atoms with E-state index >= 15 is 0 Å². The SMILES string of the molecule is CS(=O)(=O)Cc1cccc(C(=O)NC2CC(=O)N(c3ccc(Oc4ccccc4)cc3)C2)c1. The van der Waals surface area contributed by atoms with Crippen molar-refractivity contribution in [2.75, 3.05) is 17.7 Å². The van der Waals surface area contributed by atoms with Crippen molar-refractivity contribution in [2.24, 2.45) is 0 Å². The predicted octanol–water partition coefficient (Wildman–Crippen LogP) is 3.56. The van der Waals surface area contributed by atoms with Gasteiger partial charge in [-0.2, -0.15) is 0 Å². The van der Waals surface area contributed by atoms with Crippen molar-refractivity contribution < 1.29 is 22.7 Å². The molecule has 0 spiro atoms. The van der Waals surface area contributed by atoms with E-state index < -0.39 is 9.84 Å². The lowest BCUT2D eigenvalue weighted by molar-refractivity contribution is -0.117. The third-order valence-corrected chi connectivity index (χ3v) is 6.06. The topological polar surface area (TPSA) is 92.8 Å². The highest BCUT2D eigenvalue weighted by Gasteiger charge is 2.31. The van der Waals surface area contributed by atoms with Crippen LogP contribution in [0.25, 0.3) is 0 Å². The molecule has 0 aliphatic carbocycles. The van der Waals surface area contributed by atoms with E-state index in [1.807, 2.05) is 42.5 Å². The minimum atomic E-state index is -3.20. The summed E-state index contributed by atoms with van der Waals surface area (Å²) in [5.74, 6) is 0.842. The zero-order chi connectivity index (χ0) is 23.4. The van der Waals surface area contributed by atoms with Crippen LogP contribution in [0, 0.1) is 0 Å². The Hall–Kier alpha value is -3.65. The van der Waals surface area contributed by atoms with E-state index in [2.05, 4.69) is 5.32 Å². The number of sulfone groups is 1. The molecule has 1 fully saturated rings. The van der Waals surface area contributed by atoms with Gasteiger partial charge in [-0.3, -0.25) is 9.59 Å². The van der Waals surface area contributed by atoms with Crippen molar-refractivity contribution in [3.8, 4) is 11.5 Å². The second-order valence-corrected chi connectivity index (χ2v) is 10.2. The molecule has 1 saturated heterocycles. The van der Waals surface area contributed by atoms with Crippen molar-refractivity contribution in [1.29, 1.82) is 0 Å². The number of carbonyl (C=O) groups excluding carboxylic acids is 2. The van der Waals surface area contributed by atoms with Gasteiger partial charge in [0, 0.05) is 30.5 Å². The molecule has 7 nitrogen and oxygen atoms in total. The van der Waals surface area contributed by atoms with Gasteiger partial charge < -0.3 is 15.0 Å². The molecule has 0 aromatic heterocycles. The zero-order valence-corrected chi connectivity index (χ0v) is 18.9. The number of amides is 2. The van der Waals surface area contributed by atoms with E-state index in [0.717, 1.165) is 17.7 Å². The highest BCUT2D eigenvalue weighted by Crippen LogP contribution is 2.27. The summed E-state index contributed by atoms with van der Waals surface area (Å²) in [6.07, 6.45) is 1.34. The fraction of sp³-hybridized carbons (Fsp3) is 0.200. The van der Waals surface area contributed by atoms with Crippen molar-refractivity contribution in [1.82, 2.24) is 5.32 Å². The molecular formula is C25H24N2O5S. The number of benzene rings is 3. The zero-order valence-electron chi connectivity index (χ0n) is 18.1. The first-order valence-corrected chi connectivity index (χ1v) is 12.5. The first-order chi connectivity index (χ1) is 15.8. The number of hydrogen-bond acceptors (Lipinski definition) is 5. The van der Waals surface area contributed by atoms with Gasteiger partial charge in [0.25, 0.3) is 5.91 Å². The van der Waals surface area contributed by atoms with E-state index in [4.69, 9.17) is 4.74 Å². The normalized spacial score (nSPS) is 16.0. The molecular weight excluding hydrogens is 440 g/mol. The Balaban J connectivity index is 1.38. The minimum Gasteiger partial charge on any atom is -0.457 e. The van der Waals surface area contributed by atoms with Crippen molar-refractivity contribution in [3.63, 3.8) is 0 Å². The number of nitrogens with one attached hydrogen (secondary N) is 1. The number of para-hydroxylation sites is 1. The van der Waals surface area contributed by atoms with Crippen LogP contribution in [0.3, 0.4) is 0 Å². The lowest BCUT2D eigenvalue weighted by Crippen LogP contribution is -2.37.